The highest BCUT2D eigenvalue weighted by Crippen LogP contribution is 2.14. The summed E-state index contributed by atoms with van der Waals surface area (Å²) >= 11 is 5.16. The summed E-state index contributed by atoms with van der Waals surface area (Å²) in [6.45, 7) is 11.1. The highest BCUT2D eigenvalue weighted by molar-refractivity contribution is 7.80. The van der Waals surface area contributed by atoms with Crippen molar-refractivity contribution in [3.8, 4) is 0 Å². The van der Waals surface area contributed by atoms with Crippen molar-refractivity contribution >= 4 is 34.8 Å². The van der Waals surface area contributed by atoms with Crippen LogP contribution in [-0.4, -0.2) is 34.9 Å². The average molecular weight is 364 g/mol. The standard InChI is InChI=1S/C19H29N3O2S/c1-6-12-22(13-7-2)16(23)14-8-10-15(11-9-14)20-18(25)21-17(24)19(3,4)5/h8-11H,6-7,12-13H2,1-5H3,(H2,20,21,24,25). The fourth-order valence-electron chi connectivity index (χ4n) is 2.19. The van der Waals surface area contributed by atoms with E-state index in [9.17, 15) is 9.59 Å². The van der Waals surface area contributed by atoms with Gasteiger partial charge in [-0.25, -0.2) is 0 Å². The molecule has 0 saturated carbocycles. The number of hydrogen-bond donors (Lipinski definition) is 2. The molecule has 5 nitrogen and oxygen atoms in total. The zero-order valence-electron chi connectivity index (χ0n) is 15.8. The SMILES string of the molecule is CCCN(CCC)C(=O)c1ccc(NC(=S)NC(=O)C(C)(C)C)cc1. The second kappa shape index (κ2) is 9.51. The number of carbonyl (C=O) groups excluding carboxylic acids is 2. The van der Waals surface area contributed by atoms with Crippen LogP contribution in [0.5, 0.6) is 0 Å². The third kappa shape index (κ3) is 6.82. The lowest BCUT2D eigenvalue weighted by Gasteiger charge is -2.21. The first-order chi connectivity index (χ1) is 11.7. The van der Waals surface area contributed by atoms with Crippen molar-refractivity contribution in [2.24, 2.45) is 5.41 Å². The van der Waals surface area contributed by atoms with Gasteiger partial charge in [0.25, 0.3) is 5.91 Å². The number of carbonyl (C=O) groups is 2. The number of hydrogen-bond acceptors (Lipinski definition) is 3. The molecule has 0 fully saturated rings. The normalized spacial score (nSPS) is 10.9. The molecule has 138 valence electrons. The van der Waals surface area contributed by atoms with Gasteiger partial charge in [-0.15, -0.1) is 0 Å². The van der Waals surface area contributed by atoms with Gasteiger partial charge in [0.05, 0.1) is 0 Å². The van der Waals surface area contributed by atoms with E-state index in [4.69, 9.17) is 12.2 Å². The number of nitrogens with one attached hydrogen (secondary N) is 2. The van der Waals surface area contributed by atoms with Gasteiger partial charge in [-0.2, -0.15) is 0 Å². The zero-order valence-corrected chi connectivity index (χ0v) is 16.6. The minimum atomic E-state index is -0.510. The largest absolute Gasteiger partial charge is 0.339 e. The Labute approximate surface area is 156 Å². The molecule has 0 unspecified atom stereocenters. The molecule has 0 heterocycles. The summed E-state index contributed by atoms with van der Waals surface area (Å²) in [6.07, 6.45) is 1.88. The van der Waals surface area contributed by atoms with Crippen LogP contribution in [0, 0.1) is 5.41 Å². The molecule has 1 rings (SSSR count). The highest BCUT2D eigenvalue weighted by Gasteiger charge is 2.22. The number of benzene rings is 1. The zero-order chi connectivity index (χ0) is 19.0. The number of amides is 2. The molecule has 0 radical (unpaired) electrons. The maximum absolute atomic E-state index is 12.5. The Morgan fingerprint density at radius 1 is 1.04 bits per heavy atom. The van der Waals surface area contributed by atoms with Crippen LogP contribution in [0.15, 0.2) is 24.3 Å². The Balaban J connectivity index is 2.71. The number of rotatable bonds is 6. The van der Waals surface area contributed by atoms with E-state index in [1.807, 2.05) is 25.7 Å². The van der Waals surface area contributed by atoms with Gasteiger partial charge >= 0.3 is 0 Å². The van der Waals surface area contributed by atoms with Crippen LogP contribution in [0.4, 0.5) is 5.69 Å². The van der Waals surface area contributed by atoms with E-state index in [1.165, 1.54) is 0 Å². The number of nitrogens with zero attached hydrogens (tertiary/aromatic N) is 1. The van der Waals surface area contributed by atoms with Crippen LogP contribution in [-0.2, 0) is 4.79 Å². The van der Waals surface area contributed by atoms with Gasteiger partial charge in [-0.05, 0) is 49.3 Å². The van der Waals surface area contributed by atoms with E-state index in [2.05, 4.69) is 24.5 Å². The minimum Gasteiger partial charge on any atom is -0.339 e. The van der Waals surface area contributed by atoms with Gasteiger partial charge < -0.3 is 15.5 Å². The van der Waals surface area contributed by atoms with E-state index in [0.717, 1.165) is 31.6 Å². The molecule has 0 spiro atoms. The summed E-state index contributed by atoms with van der Waals surface area (Å²) in [5.74, 6) is -0.106. The number of anilines is 1. The molecular formula is C19H29N3O2S. The van der Waals surface area contributed by atoms with Gasteiger partial charge in [0.15, 0.2) is 5.11 Å². The smallest absolute Gasteiger partial charge is 0.253 e. The van der Waals surface area contributed by atoms with Crippen molar-refractivity contribution in [3.05, 3.63) is 29.8 Å². The van der Waals surface area contributed by atoms with E-state index >= 15 is 0 Å². The summed E-state index contributed by atoms with van der Waals surface area (Å²) in [5, 5.41) is 5.88. The molecular weight excluding hydrogens is 334 g/mol. The van der Waals surface area contributed by atoms with Gasteiger partial charge in [0.2, 0.25) is 5.91 Å². The second-order valence-electron chi connectivity index (χ2n) is 7.03. The Morgan fingerprint density at radius 3 is 2.00 bits per heavy atom. The maximum atomic E-state index is 12.5. The Morgan fingerprint density at radius 2 is 1.56 bits per heavy atom. The molecule has 2 N–H and O–H groups in total. The first-order valence-corrected chi connectivity index (χ1v) is 9.11. The number of thiocarbonyl (C=S) groups is 1. The van der Waals surface area contributed by atoms with E-state index < -0.39 is 5.41 Å². The molecule has 1 aromatic rings. The van der Waals surface area contributed by atoms with Crippen LogP contribution >= 0.6 is 12.2 Å². The summed E-state index contributed by atoms with van der Waals surface area (Å²) in [4.78, 5) is 26.3. The minimum absolute atomic E-state index is 0.0406. The van der Waals surface area contributed by atoms with Crippen molar-refractivity contribution in [1.29, 1.82) is 0 Å². The first kappa shape index (κ1) is 21.1. The lowest BCUT2D eigenvalue weighted by molar-refractivity contribution is -0.126. The van der Waals surface area contributed by atoms with Gasteiger partial charge in [-0.1, -0.05) is 34.6 Å². The Hall–Kier alpha value is -1.95. The molecule has 0 atom stereocenters. The molecule has 1 aromatic carbocycles. The fraction of sp³-hybridized carbons (Fsp3) is 0.526. The van der Waals surface area contributed by atoms with E-state index in [0.29, 0.717) is 5.56 Å². The molecule has 0 saturated heterocycles. The van der Waals surface area contributed by atoms with Gasteiger partial charge in [0, 0.05) is 29.8 Å². The van der Waals surface area contributed by atoms with Crippen LogP contribution in [0.2, 0.25) is 0 Å². The average Bonchev–Trinajstić information content (AvgIpc) is 2.53. The third-order valence-corrected chi connectivity index (χ3v) is 3.78. The van der Waals surface area contributed by atoms with Crippen LogP contribution in [0.3, 0.4) is 0 Å². The second-order valence-corrected chi connectivity index (χ2v) is 7.44. The first-order valence-electron chi connectivity index (χ1n) is 8.70. The van der Waals surface area contributed by atoms with E-state index in [-0.39, 0.29) is 16.9 Å². The fourth-order valence-corrected chi connectivity index (χ4v) is 2.40. The van der Waals surface area contributed by atoms with Crippen molar-refractivity contribution in [1.82, 2.24) is 10.2 Å². The lowest BCUT2D eigenvalue weighted by Crippen LogP contribution is -2.41. The summed E-state index contributed by atoms with van der Waals surface area (Å²) in [6, 6.07) is 7.13. The predicted molar refractivity (Wildman–Crippen MR) is 107 cm³/mol. The van der Waals surface area contributed by atoms with Gasteiger partial charge in [-0.3, -0.25) is 9.59 Å². The Kier molecular flexibility index (Phi) is 8.03. The summed E-state index contributed by atoms with van der Waals surface area (Å²) in [7, 11) is 0. The van der Waals surface area contributed by atoms with Crippen molar-refractivity contribution in [2.45, 2.75) is 47.5 Å². The molecule has 25 heavy (non-hydrogen) atoms. The van der Waals surface area contributed by atoms with Crippen molar-refractivity contribution < 1.29 is 9.59 Å². The molecule has 0 aliphatic heterocycles. The molecule has 0 aliphatic carbocycles. The lowest BCUT2D eigenvalue weighted by atomic mass is 9.96. The summed E-state index contributed by atoms with van der Waals surface area (Å²) in [5.41, 5.74) is 0.870. The monoisotopic (exact) mass is 363 g/mol. The third-order valence-electron chi connectivity index (χ3n) is 3.57. The molecule has 0 aliphatic rings. The van der Waals surface area contributed by atoms with E-state index in [1.54, 1.807) is 24.3 Å². The quantitative estimate of drug-likeness (QED) is 0.755. The van der Waals surface area contributed by atoms with Crippen LogP contribution in [0.25, 0.3) is 0 Å². The maximum Gasteiger partial charge on any atom is 0.253 e. The topological polar surface area (TPSA) is 61.4 Å². The molecule has 0 bridgehead atoms. The molecule has 2 amide bonds. The van der Waals surface area contributed by atoms with Crippen LogP contribution < -0.4 is 10.6 Å². The highest BCUT2D eigenvalue weighted by atomic mass is 32.1. The van der Waals surface area contributed by atoms with Gasteiger partial charge in [0.1, 0.15) is 0 Å². The Bertz CT molecular complexity index is 600. The van der Waals surface area contributed by atoms with Crippen molar-refractivity contribution in [3.63, 3.8) is 0 Å². The summed E-state index contributed by atoms with van der Waals surface area (Å²) < 4.78 is 0. The predicted octanol–water partition coefficient (Wildman–Crippen LogP) is 3.81. The molecule has 0 aromatic heterocycles. The van der Waals surface area contributed by atoms with Crippen molar-refractivity contribution in [2.75, 3.05) is 18.4 Å². The molecule has 6 heteroatoms. The van der Waals surface area contributed by atoms with Crippen LogP contribution in [0.1, 0.15) is 57.8 Å².